The van der Waals surface area contributed by atoms with Crippen molar-refractivity contribution in [2.45, 2.75) is 26.9 Å². The van der Waals surface area contributed by atoms with Crippen LogP contribution in [0.2, 0.25) is 0 Å². The molecule has 6 heteroatoms. The molecule has 0 fully saturated rings. The van der Waals surface area contributed by atoms with Crippen molar-refractivity contribution in [1.82, 2.24) is 15.2 Å². The van der Waals surface area contributed by atoms with Gasteiger partial charge in [-0.25, -0.2) is 4.98 Å². The molecule has 0 bridgehead atoms. The number of rotatable bonds is 4. The molecule has 2 aromatic heterocycles. The fourth-order valence-electron chi connectivity index (χ4n) is 1.93. The molecule has 108 valence electrons. The first-order valence-electron chi connectivity index (χ1n) is 6.46. The number of nitrogens with zero attached hydrogens (tertiary/aromatic N) is 3. The summed E-state index contributed by atoms with van der Waals surface area (Å²) in [5.41, 5.74) is 1.09. The van der Waals surface area contributed by atoms with Crippen LogP contribution in [0, 0.1) is 13.8 Å². The average Bonchev–Trinajstić information content (AvgIpc) is 2.99. The number of aromatic nitrogens is 1. The van der Waals surface area contributed by atoms with E-state index in [-0.39, 0.29) is 0 Å². The maximum atomic E-state index is 4.49. The van der Waals surface area contributed by atoms with Crippen LogP contribution in [0.1, 0.15) is 20.5 Å². The number of aryl methyl sites for hydroxylation is 2. The number of guanidine groups is 1. The average molecular weight is 308 g/mol. The van der Waals surface area contributed by atoms with Crippen molar-refractivity contribution in [1.29, 1.82) is 0 Å². The molecule has 0 aliphatic rings. The molecular weight excluding hydrogens is 288 g/mol. The third-order valence-corrected chi connectivity index (χ3v) is 4.68. The summed E-state index contributed by atoms with van der Waals surface area (Å²) in [7, 11) is 3.84. The quantitative estimate of drug-likeness (QED) is 0.697. The van der Waals surface area contributed by atoms with Crippen molar-refractivity contribution in [3.63, 3.8) is 0 Å². The lowest BCUT2D eigenvalue weighted by Crippen LogP contribution is -2.37. The number of hydrogen-bond donors (Lipinski definition) is 1. The lowest BCUT2D eigenvalue weighted by atomic mass is 10.4. The highest BCUT2D eigenvalue weighted by Crippen LogP contribution is 2.14. The van der Waals surface area contributed by atoms with Crippen LogP contribution in [-0.4, -0.2) is 29.9 Å². The third kappa shape index (κ3) is 4.05. The summed E-state index contributed by atoms with van der Waals surface area (Å²) in [6, 6.07) is 4.30. The monoisotopic (exact) mass is 308 g/mol. The Morgan fingerprint density at radius 2 is 2.20 bits per heavy atom. The normalized spacial score (nSPS) is 11.7. The van der Waals surface area contributed by atoms with E-state index >= 15 is 0 Å². The van der Waals surface area contributed by atoms with Crippen LogP contribution in [0.25, 0.3) is 0 Å². The van der Waals surface area contributed by atoms with Gasteiger partial charge in [-0.3, -0.25) is 4.99 Å². The lowest BCUT2D eigenvalue weighted by Gasteiger charge is -2.20. The van der Waals surface area contributed by atoms with Gasteiger partial charge in [-0.15, -0.1) is 22.7 Å². The summed E-state index contributed by atoms with van der Waals surface area (Å²) in [6.45, 7) is 5.74. The summed E-state index contributed by atoms with van der Waals surface area (Å²) in [5.74, 6) is 0.890. The van der Waals surface area contributed by atoms with Gasteiger partial charge in [0.05, 0.1) is 23.8 Å². The summed E-state index contributed by atoms with van der Waals surface area (Å²) in [4.78, 5) is 13.6. The highest BCUT2D eigenvalue weighted by Gasteiger charge is 2.08. The third-order valence-electron chi connectivity index (χ3n) is 2.86. The Morgan fingerprint density at radius 3 is 2.75 bits per heavy atom. The van der Waals surface area contributed by atoms with Crippen molar-refractivity contribution < 1.29 is 0 Å². The van der Waals surface area contributed by atoms with Crippen LogP contribution in [0.4, 0.5) is 0 Å². The van der Waals surface area contributed by atoms with E-state index in [0.29, 0.717) is 0 Å². The SMILES string of the molecule is CN=C(NCc1ccc(C)s1)N(C)Cc1csc(C)n1. The number of thiazole rings is 1. The van der Waals surface area contributed by atoms with Crippen molar-refractivity contribution >= 4 is 28.6 Å². The van der Waals surface area contributed by atoms with Crippen molar-refractivity contribution in [3.05, 3.63) is 38.0 Å². The Balaban J connectivity index is 1.90. The highest BCUT2D eigenvalue weighted by molar-refractivity contribution is 7.11. The van der Waals surface area contributed by atoms with E-state index < -0.39 is 0 Å². The van der Waals surface area contributed by atoms with Gasteiger partial charge in [-0.1, -0.05) is 0 Å². The minimum Gasteiger partial charge on any atom is -0.351 e. The first-order chi connectivity index (χ1) is 9.58. The Bertz CT molecular complexity index is 586. The highest BCUT2D eigenvalue weighted by atomic mass is 32.1. The Kier molecular flexibility index (Phi) is 5.14. The molecule has 0 radical (unpaired) electrons. The van der Waals surface area contributed by atoms with Crippen molar-refractivity contribution in [2.75, 3.05) is 14.1 Å². The van der Waals surface area contributed by atoms with Gasteiger partial charge in [-0.2, -0.15) is 0 Å². The number of aliphatic imine (C=N–C) groups is 1. The van der Waals surface area contributed by atoms with Gasteiger partial charge < -0.3 is 10.2 Å². The molecule has 0 saturated carbocycles. The molecule has 0 atom stereocenters. The predicted molar refractivity (Wildman–Crippen MR) is 87.6 cm³/mol. The molecule has 0 saturated heterocycles. The molecule has 0 aliphatic carbocycles. The maximum absolute atomic E-state index is 4.49. The molecule has 2 heterocycles. The van der Waals surface area contributed by atoms with Gasteiger partial charge in [0.2, 0.25) is 0 Å². The maximum Gasteiger partial charge on any atom is 0.194 e. The molecular formula is C14H20N4S2. The number of thiophene rings is 1. The van der Waals surface area contributed by atoms with Gasteiger partial charge in [-0.05, 0) is 26.0 Å². The standard InChI is InChI=1S/C14H20N4S2/c1-10-5-6-13(20-10)7-16-14(15-3)18(4)8-12-9-19-11(2)17-12/h5-6,9H,7-8H2,1-4H3,(H,15,16). The topological polar surface area (TPSA) is 40.5 Å². The molecule has 2 rings (SSSR count). The van der Waals surface area contributed by atoms with Crippen molar-refractivity contribution in [2.24, 2.45) is 4.99 Å². The molecule has 4 nitrogen and oxygen atoms in total. The van der Waals surface area contributed by atoms with Gasteiger partial charge >= 0.3 is 0 Å². The van der Waals surface area contributed by atoms with Crippen LogP contribution in [-0.2, 0) is 13.1 Å². The molecule has 0 amide bonds. The van der Waals surface area contributed by atoms with Gasteiger partial charge in [0.25, 0.3) is 0 Å². The second-order valence-corrected chi connectivity index (χ2v) is 7.06. The second kappa shape index (κ2) is 6.85. The van der Waals surface area contributed by atoms with Gasteiger partial charge in [0.1, 0.15) is 0 Å². The second-order valence-electron chi connectivity index (χ2n) is 4.63. The van der Waals surface area contributed by atoms with Crippen LogP contribution in [0.15, 0.2) is 22.5 Å². The predicted octanol–water partition coefficient (Wildman–Crippen LogP) is 3.03. The molecule has 0 spiro atoms. The minimum atomic E-state index is 0.771. The molecule has 0 aromatic carbocycles. The van der Waals surface area contributed by atoms with Crippen LogP contribution in [0.5, 0.6) is 0 Å². The molecule has 20 heavy (non-hydrogen) atoms. The Hall–Kier alpha value is -1.40. The van der Waals surface area contributed by atoms with Crippen LogP contribution >= 0.6 is 22.7 Å². The van der Waals surface area contributed by atoms with E-state index in [1.54, 1.807) is 11.3 Å². The van der Waals surface area contributed by atoms with E-state index in [9.17, 15) is 0 Å². The summed E-state index contributed by atoms with van der Waals surface area (Å²) in [6.07, 6.45) is 0. The fourth-order valence-corrected chi connectivity index (χ4v) is 3.36. The molecule has 2 aromatic rings. The largest absolute Gasteiger partial charge is 0.351 e. The smallest absolute Gasteiger partial charge is 0.194 e. The first-order valence-corrected chi connectivity index (χ1v) is 8.16. The Labute approximate surface area is 128 Å². The van der Waals surface area contributed by atoms with Gasteiger partial charge in [0.15, 0.2) is 5.96 Å². The summed E-state index contributed by atoms with van der Waals surface area (Å²) in [5, 5.41) is 6.59. The Morgan fingerprint density at radius 1 is 1.40 bits per heavy atom. The van der Waals surface area contributed by atoms with E-state index in [4.69, 9.17) is 0 Å². The van der Waals surface area contributed by atoms with E-state index in [1.807, 2.05) is 32.4 Å². The zero-order valence-electron chi connectivity index (χ0n) is 12.3. The molecule has 0 unspecified atom stereocenters. The first kappa shape index (κ1) is 15.0. The number of nitrogens with one attached hydrogen (secondary N) is 1. The zero-order chi connectivity index (χ0) is 14.5. The van der Waals surface area contributed by atoms with Gasteiger partial charge in [0, 0.05) is 29.2 Å². The summed E-state index contributed by atoms with van der Waals surface area (Å²) >= 11 is 3.49. The van der Waals surface area contributed by atoms with Crippen molar-refractivity contribution in [3.8, 4) is 0 Å². The zero-order valence-corrected chi connectivity index (χ0v) is 13.9. The fraction of sp³-hybridized carbons (Fsp3) is 0.429. The van der Waals surface area contributed by atoms with E-state index in [2.05, 4.69) is 44.6 Å². The molecule has 1 N–H and O–H groups in total. The van der Waals surface area contributed by atoms with Crippen LogP contribution < -0.4 is 5.32 Å². The lowest BCUT2D eigenvalue weighted by molar-refractivity contribution is 0.471. The minimum absolute atomic E-state index is 0.771. The van der Waals surface area contributed by atoms with E-state index in [0.717, 1.165) is 29.8 Å². The van der Waals surface area contributed by atoms with E-state index in [1.165, 1.54) is 9.75 Å². The molecule has 0 aliphatic heterocycles. The summed E-state index contributed by atoms with van der Waals surface area (Å²) < 4.78 is 0. The number of hydrogen-bond acceptors (Lipinski definition) is 4. The van der Waals surface area contributed by atoms with Crippen LogP contribution in [0.3, 0.4) is 0 Å².